The third kappa shape index (κ3) is 2.00. The van der Waals surface area contributed by atoms with Crippen LogP contribution in [-0.4, -0.2) is 25.8 Å². The number of rotatable bonds is 3. The molecule has 0 saturated heterocycles. The van der Waals surface area contributed by atoms with Crippen LogP contribution in [0.4, 0.5) is 0 Å². The monoisotopic (exact) mass is 217 g/mol. The highest BCUT2D eigenvalue weighted by molar-refractivity contribution is 5.96. The normalized spacial score (nSPS) is 11.6. The number of hydrogen-bond donors (Lipinski definition) is 2. The number of amidine groups is 1. The molecule has 2 aromatic heterocycles. The molecule has 0 aliphatic rings. The van der Waals surface area contributed by atoms with E-state index in [1.165, 1.54) is 0 Å². The molecule has 0 bridgehead atoms. The summed E-state index contributed by atoms with van der Waals surface area (Å²) in [6.07, 6.45) is 5.13. The first-order chi connectivity index (χ1) is 7.81. The van der Waals surface area contributed by atoms with Crippen molar-refractivity contribution < 1.29 is 5.21 Å². The average Bonchev–Trinajstić information content (AvgIpc) is 2.82. The van der Waals surface area contributed by atoms with Gasteiger partial charge in [-0.2, -0.15) is 5.10 Å². The first kappa shape index (κ1) is 10.2. The molecule has 0 aromatic carbocycles. The van der Waals surface area contributed by atoms with Crippen LogP contribution < -0.4 is 5.73 Å². The van der Waals surface area contributed by atoms with Gasteiger partial charge in [0.25, 0.3) is 0 Å². The van der Waals surface area contributed by atoms with Gasteiger partial charge in [-0.25, -0.2) is 0 Å². The number of nitrogens with two attached hydrogens (primary N) is 1. The second-order valence-corrected chi connectivity index (χ2v) is 3.20. The minimum absolute atomic E-state index is 0.00255. The maximum atomic E-state index is 8.64. The van der Waals surface area contributed by atoms with Crippen LogP contribution in [0.5, 0.6) is 0 Å². The van der Waals surface area contributed by atoms with Gasteiger partial charge < -0.3 is 10.9 Å². The summed E-state index contributed by atoms with van der Waals surface area (Å²) in [7, 11) is 0. The van der Waals surface area contributed by atoms with Crippen LogP contribution in [0.1, 0.15) is 11.3 Å². The zero-order chi connectivity index (χ0) is 11.4. The molecular formula is C10H11N5O. The zero-order valence-corrected chi connectivity index (χ0v) is 8.48. The third-order valence-electron chi connectivity index (χ3n) is 2.13. The third-order valence-corrected chi connectivity index (χ3v) is 2.13. The van der Waals surface area contributed by atoms with Crippen molar-refractivity contribution in [3.63, 3.8) is 0 Å². The summed E-state index contributed by atoms with van der Waals surface area (Å²) in [5, 5.41) is 15.7. The van der Waals surface area contributed by atoms with Crippen molar-refractivity contribution in [2.45, 2.75) is 6.54 Å². The fraction of sp³-hybridized carbons (Fsp3) is 0.100. The average molecular weight is 217 g/mol. The molecule has 16 heavy (non-hydrogen) atoms. The van der Waals surface area contributed by atoms with Crippen LogP contribution in [0.2, 0.25) is 0 Å². The molecule has 82 valence electrons. The Morgan fingerprint density at radius 1 is 1.44 bits per heavy atom. The van der Waals surface area contributed by atoms with E-state index < -0.39 is 0 Å². The van der Waals surface area contributed by atoms with Crippen molar-refractivity contribution in [1.29, 1.82) is 0 Å². The summed E-state index contributed by atoms with van der Waals surface area (Å²) in [4.78, 5) is 4.07. The highest BCUT2D eigenvalue weighted by Gasteiger charge is 2.08. The predicted molar refractivity (Wildman–Crippen MR) is 58.1 cm³/mol. The molecule has 0 unspecified atom stereocenters. The Hall–Kier alpha value is -2.37. The molecule has 2 rings (SSSR count). The molecule has 0 radical (unpaired) electrons. The molecule has 2 heterocycles. The SMILES string of the molecule is NC(=NO)c1ncccc1Cn1cccn1. The van der Waals surface area contributed by atoms with Gasteiger partial charge in [0.2, 0.25) is 0 Å². The van der Waals surface area contributed by atoms with Crippen molar-refractivity contribution >= 4 is 5.84 Å². The maximum absolute atomic E-state index is 8.64. The van der Waals surface area contributed by atoms with Gasteiger partial charge in [0.1, 0.15) is 5.69 Å². The fourth-order valence-electron chi connectivity index (χ4n) is 1.41. The van der Waals surface area contributed by atoms with Crippen LogP contribution in [0.3, 0.4) is 0 Å². The molecule has 2 aromatic rings. The molecule has 0 atom stereocenters. The molecule has 3 N–H and O–H groups in total. The quantitative estimate of drug-likeness (QED) is 0.337. The lowest BCUT2D eigenvalue weighted by atomic mass is 10.2. The topological polar surface area (TPSA) is 89.3 Å². The number of aromatic nitrogens is 3. The molecular weight excluding hydrogens is 206 g/mol. The van der Waals surface area contributed by atoms with Crippen molar-refractivity contribution in [2.24, 2.45) is 10.9 Å². The number of pyridine rings is 1. The largest absolute Gasteiger partial charge is 0.409 e. The van der Waals surface area contributed by atoms with Gasteiger partial charge in [-0.05, 0) is 12.1 Å². The van der Waals surface area contributed by atoms with Crippen LogP contribution >= 0.6 is 0 Å². The van der Waals surface area contributed by atoms with E-state index in [9.17, 15) is 0 Å². The first-order valence-corrected chi connectivity index (χ1v) is 4.70. The predicted octanol–water partition coefficient (Wildman–Crippen LogP) is 0.421. The van der Waals surface area contributed by atoms with Gasteiger partial charge in [-0.15, -0.1) is 0 Å². The summed E-state index contributed by atoms with van der Waals surface area (Å²) in [6, 6.07) is 5.49. The van der Waals surface area contributed by atoms with E-state index in [2.05, 4.69) is 15.2 Å². The van der Waals surface area contributed by atoms with Crippen LogP contribution in [-0.2, 0) is 6.54 Å². The second kappa shape index (κ2) is 4.43. The Kier molecular flexibility index (Phi) is 2.81. The second-order valence-electron chi connectivity index (χ2n) is 3.20. The Bertz CT molecular complexity index is 492. The number of oxime groups is 1. The first-order valence-electron chi connectivity index (χ1n) is 4.70. The maximum Gasteiger partial charge on any atom is 0.189 e. The van der Waals surface area contributed by atoms with Gasteiger partial charge >= 0.3 is 0 Å². The summed E-state index contributed by atoms with van der Waals surface area (Å²) in [5.41, 5.74) is 6.85. The lowest BCUT2D eigenvalue weighted by Gasteiger charge is -2.06. The summed E-state index contributed by atoms with van der Waals surface area (Å²) >= 11 is 0. The van der Waals surface area contributed by atoms with E-state index in [1.807, 2.05) is 18.3 Å². The highest BCUT2D eigenvalue weighted by Crippen LogP contribution is 2.06. The van der Waals surface area contributed by atoms with E-state index >= 15 is 0 Å². The summed E-state index contributed by atoms with van der Waals surface area (Å²) < 4.78 is 1.74. The van der Waals surface area contributed by atoms with Crippen molar-refractivity contribution in [2.75, 3.05) is 0 Å². The van der Waals surface area contributed by atoms with E-state index in [4.69, 9.17) is 10.9 Å². The van der Waals surface area contributed by atoms with Gasteiger partial charge in [-0.3, -0.25) is 9.67 Å². The number of hydrogen-bond acceptors (Lipinski definition) is 4. The van der Waals surface area contributed by atoms with Gasteiger partial charge in [0.15, 0.2) is 5.84 Å². The number of nitrogens with zero attached hydrogens (tertiary/aromatic N) is 4. The highest BCUT2D eigenvalue weighted by atomic mass is 16.4. The summed E-state index contributed by atoms with van der Waals surface area (Å²) in [6.45, 7) is 0.534. The Morgan fingerprint density at radius 3 is 3.00 bits per heavy atom. The van der Waals surface area contributed by atoms with Gasteiger partial charge in [0.05, 0.1) is 6.54 Å². The molecule has 6 nitrogen and oxygen atoms in total. The Morgan fingerprint density at radius 2 is 2.31 bits per heavy atom. The Balaban J connectivity index is 2.34. The lowest BCUT2D eigenvalue weighted by Crippen LogP contribution is -2.18. The zero-order valence-electron chi connectivity index (χ0n) is 8.48. The van der Waals surface area contributed by atoms with E-state index in [0.717, 1.165) is 5.56 Å². The molecule has 0 saturated carbocycles. The molecule has 0 amide bonds. The van der Waals surface area contributed by atoms with Crippen molar-refractivity contribution in [1.82, 2.24) is 14.8 Å². The minimum atomic E-state index is 0.00255. The lowest BCUT2D eigenvalue weighted by molar-refractivity contribution is 0.318. The van der Waals surface area contributed by atoms with E-state index in [1.54, 1.807) is 23.1 Å². The molecule has 0 spiro atoms. The van der Waals surface area contributed by atoms with Crippen molar-refractivity contribution in [3.8, 4) is 0 Å². The summed E-state index contributed by atoms with van der Waals surface area (Å²) in [5.74, 6) is 0.00255. The van der Waals surface area contributed by atoms with Gasteiger partial charge in [-0.1, -0.05) is 11.2 Å². The van der Waals surface area contributed by atoms with Crippen LogP contribution in [0.15, 0.2) is 41.9 Å². The molecule has 0 aliphatic heterocycles. The molecule has 0 fully saturated rings. The fourth-order valence-corrected chi connectivity index (χ4v) is 1.41. The minimum Gasteiger partial charge on any atom is -0.409 e. The van der Waals surface area contributed by atoms with E-state index in [-0.39, 0.29) is 5.84 Å². The smallest absolute Gasteiger partial charge is 0.189 e. The van der Waals surface area contributed by atoms with E-state index in [0.29, 0.717) is 12.2 Å². The van der Waals surface area contributed by atoms with Crippen molar-refractivity contribution in [3.05, 3.63) is 48.0 Å². The van der Waals surface area contributed by atoms with Crippen LogP contribution in [0, 0.1) is 0 Å². The standard InChI is InChI=1S/C10H11N5O/c11-10(14-16)9-8(3-1-4-12-9)7-15-6-2-5-13-15/h1-6,16H,7H2,(H2,11,14). The molecule has 0 aliphatic carbocycles. The van der Waals surface area contributed by atoms with Gasteiger partial charge in [0, 0.05) is 24.2 Å². The van der Waals surface area contributed by atoms with Crippen LogP contribution in [0.25, 0.3) is 0 Å². The molecule has 6 heteroatoms. The Labute approximate surface area is 92.0 Å².